The molecule has 128 valence electrons. The molecule has 4 rings (SSSR count). The Morgan fingerprint density at radius 2 is 2.12 bits per heavy atom. The maximum Gasteiger partial charge on any atom is 0.143 e. The van der Waals surface area contributed by atoms with Crippen molar-refractivity contribution in [3.05, 3.63) is 42.6 Å². The van der Waals surface area contributed by atoms with Gasteiger partial charge in [0.25, 0.3) is 0 Å². The van der Waals surface area contributed by atoms with E-state index in [0.717, 1.165) is 53.7 Å². The SMILES string of the molecule is Cn1cc(-c2cc3cc(CC(=O)[C@@H]4CCCNC4)ncc3cn2)cn1. The zero-order chi connectivity index (χ0) is 17.2. The van der Waals surface area contributed by atoms with Crippen molar-refractivity contribution >= 4 is 16.6 Å². The van der Waals surface area contributed by atoms with Gasteiger partial charge in [-0.1, -0.05) is 0 Å². The lowest BCUT2D eigenvalue weighted by Gasteiger charge is -2.21. The summed E-state index contributed by atoms with van der Waals surface area (Å²) in [6.07, 6.45) is 9.81. The van der Waals surface area contributed by atoms with Crippen LogP contribution in [0, 0.1) is 5.92 Å². The summed E-state index contributed by atoms with van der Waals surface area (Å²) in [7, 11) is 1.89. The number of Topliss-reactive ketones (excluding diaryl/α,β-unsaturated/α-hetero) is 1. The molecule has 0 spiro atoms. The van der Waals surface area contributed by atoms with Gasteiger partial charge in [0.1, 0.15) is 5.78 Å². The summed E-state index contributed by atoms with van der Waals surface area (Å²) in [5.41, 5.74) is 2.68. The number of carbonyl (C=O) groups is 1. The van der Waals surface area contributed by atoms with Crippen LogP contribution in [0.4, 0.5) is 0 Å². The van der Waals surface area contributed by atoms with E-state index < -0.39 is 0 Å². The van der Waals surface area contributed by atoms with Crippen LogP contribution in [-0.2, 0) is 18.3 Å². The summed E-state index contributed by atoms with van der Waals surface area (Å²) in [5, 5.41) is 9.52. The van der Waals surface area contributed by atoms with Gasteiger partial charge >= 0.3 is 0 Å². The van der Waals surface area contributed by atoms with Gasteiger partial charge in [-0.15, -0.1) is 0 Å². The lowest BCUT2D eigenvalue weighted by Crippen LogP contribution is -2.35. The number of fused-ring (bicyclic) bond motifs is 1. The minimum atomic E-state index is 0.120. The van der Waals surface area contributed by atoms with E-state index in [4.69, 9.17) is 0 Å². The third kappa shape index (κ3) is 3.44. The Hall–Kier alpha value is -2.60. The van der Waals surface area contributed by atoms with E-state index in [0.29, 0.717) is 6.42 Å². The van der Waals surface area contributed by atoms with E-state index in [1.807, 2.05) is 31.6 Å². The largest absolute Gasteiger partial charge is 0.316 e. The fourth-order valence-electron chi connectivity index (χ4n) is 3.34. The predicted molar refractivity (Wildman–Crippen MR) is 96.0 cm³/mol. The maximum absolute atomic E-state index is 12.5. The molecule has 0 aromatic carbocycles. The van der Waals surface area contributed by atoms with E-state index in [9.17, 15) is 4.79 Å². The van der Waals surface area contributed by atoms with Crippen LogP contribution < -0.4 is 5.32 Å². The zero-order valence-electron chi connectivity index (χ0n) is 14.3. The van der Waals surface area contributed by atoms with Gasteiger partial charge in [-0.25, -0.2) is 0 Å². The van der Waals surface area contributed by atoms with Crippen LogP contribution in [0.5, 0.6) is 0 Å². The molecule has 6 heteroatoms. The molecule has 1 N–H and O–H groups in total. The maximum atomic E-state index is 12.5. The molecule has 25 heavy (non-hydrogen) atoms. The second-order valence-corrected chi connectivity index (χ2v) is 6.68. The molecule has 1 atom stereocenters. The second kappa shape index (κ2) is 6.72. The molecule has 4 heterocycles. The van der Waals surface area contributed by atoms with Gasteiger partial charge in [0.2, 0.25) is 0 Å². The number of rotatable bonds is 4. The highest BCUT2D eigenvalue weighted by Crippen LogP contribution is 2.22. The van der Waals surface area contributed by atoms with E-state index >= 15 is 0 Å². The molecule has 3 aromatic heterocycles. The van der Waals surface area contributed by atoms with E-state index in [2.05, 4.69) is 20.4 Å². The number of aryl methyl sites for hydroxylation is 1. The van der Waals surface area contributed by atoms with Gasteiger partial charge in [-0.3, -0.25) is 19.4 Å². The fraction of sp³-hybridized carbons (Fsp3) is 0.368. The Balaban J connectivity index is 1.59. The van der Waals surface area contributed by atoms with E-state index in [1.54, 1.807) is 17.1 Å². The van der Waals surface area contributed by atoms with Crippen molar-refractivity contribution in [2.75, 3.05) is 13.1 Å². The van der Waals surface area contributed by atoms with Crippen molar-refractivity contribution in [2.24, 2.45) is 13.0 Å². The molecule has 0 radical (unpaired) electrons. The summed E-state index contributed by atoms with van der Waals surface area (Å²) in [4.78, 5) is 21.4. The third-order valence-electron chi connectivity index (χ3n) is 4.77. The first-order chi connectivity index (χ1) is 12.2. The molecule has 1 fully saturated rings. The highest BCUT2D eigenvalue weighted by atomic mass is 16.1. The minimum Gasteiger partial charge on any atom is -0.316 e. The number of hydrogen-bond acceptors (Lipinski definition) is 5. The van der Waals surface area contributed by atoms with Gasteiger partial charge in [-0.05, 0) is 36.9 Å². The molecule has 0 amide bonds. The molecule has 0 bridgehead atoms. The number of piperidine rings is 1. The lowest BCUT2D eigenvalue weighted by atomic mass is 9.92. The molecule has 3 aromatic rings. The number of hydrogen-bond donors (Lipinski definition) is 1. The second-order valence-electron chi connectivity index (χ2n) is 6.68. The van der Waals surface area contributed by atoms with Gasteiger partial charge in [0, 0.05) is 61.2 Å². The van der Waals surface area contributed by atoms with E-state index in [-0.39, 0.29) is 11.7 Å². The summed E-state index contributed by atoms with van der Waals surface area (Å²) >= 11 is 0. The van der Waals surface area contributed by atoms with Crippen LogP contribution >= 0.6 is 0 Å². The Bertz CT molecular complexity index is 911. The number of ketones is 1. The number of nitrogens with zero attached hydrogens (tertiary/aromatic N) is 4. The predicted octanol–water partition coefficient (Wildman–Crippen LogP) is 2.14. The number of aromatic nitrogens is 4. The highest BCUT2D eigenvalue weighted by Gasteiger charge is 2.21. The molecule has 0 aliphatic carbocycles. The monoisotopic (exact) mass is 335 g/mol. The normalized spacial score (nSPS) is 17.7. The van der Waals surface area contributed by atoms with Crippen LogP contribution in [0.1, 0.15) is 18.5 Å². The number of nitrogens with one attached hydrogen (secondary N) is 1. The third-order valence-corrected chi connectivity index (χ3v) is 4.77. The van der Waals surface area contributed by atoms with Crippen LogP contribution in [0.15, 0.2) is 36.9 Å². The molecule has 0 saturated carbocycles. The average Bonchev–Trinajstić information content (AvgIpc) is 3.08. The standard InChI is InChI=1S/C19H21N5O/c1-24-12-16(11-23-24)18-6-14-5-17(21-9-15(14)10-22-18)7-19(25)13-3-2-4-20-8-13/h5-6,9-13,20H,2-4,7-8H2,1H3/t13-/m1/s1. The molecule has 6 nitrogen and oxygen atoms in total. The number of pyridine rings is 2. The van der Waals surface area contributed by atoms with Crippen LogP contribution in [0.2, 0.25) is 0 Å². The summed E-state index contributed by atoms with van der Waals surface area (Å²) < 4.78 is 1.76. The van der Waals surface area contributed by atoms with Crippen molar-refractivity contribution in [2.45, 2.75) is 19.3 Å². The molecular formula is C19H21N5O. The van der Waals surface area contributed by atoms with Gasteiger partial charge < -0.3 is 5.32 Å². The molecule has 1 aliphatic heterocycles. The quantitative estimate of drug-likeness (QED) is 0.791. The van der Waals surface area contributed by atoms with E-state index in [1.165, 1.54) is 0 Å². The van der Waals surface area contributed by atoms with Gasteiger partial charge in [-0.2, -0.15) is 5.10 Å². The Labute approximate surface area is 146 Å². The molecule has 1 aliphatic rings. The van der Waals surface area contributed by atoms with Crippen LogP contribution in [0.3, 0.4) is 0 Å². The first kappa shape index (κ1) is 15.9. The smallest absolute Gasteiger partial charge is 0.143 e. The number of carbonyl (C=O) groups excluding carboxylic acids is 1. The first-order valence-corrected chi connectivity index (χ1v) is 8.66. The van der Waals surface area contributed by atoms with Crippen molar-refractivity contribution in [3.63, 3.8) is 0 Å². The topological polar surface area (TPSA) is 72.7 Å². The summed E-state index contributed by atoms with van der Waals surface area (Å²) in [6, 6.07) is 4.04. The molecule has 1 saturated heterocycles. The summed E-state index contributed by atoms with van der Waals surface area (Å²) in [5.74, 6) is 0.398. The van der Waals surface area contributed by atoms with Gasteiger partial charge in [0.15, 0.2) is 0 Å². The Kier molecular flexibility index (Phi) is 4.28. The minimum absolute atomic E-state index is 0.120. The summed E-state index contributed by atoms with van der Waals surface area (Å²) in [6.45, 7) is 1.81. The molecular weight excluding hydrogens is 314 g/mol. The van der Waals surface area contributed by atoms with Crippen molar-refractivity contribution in [3.8, 4) is 11.3 Å². The lowest BCUT2D eigenvalue weighted by molar-refractivity contribution is -0.122. The van der Waals surface area contributed by atoms with Crippen LogP contribution in [-0.4, -0.2) is 38.6 Å². The molecule has 0 unspecified atom stereocenters. The van der Waals surface area contributed by atoms with Crippen molar-refractivity contribution in [1.29, 1.82) is 0 Å². The average molecular weight is 335 g/mol. The Morgan fingerprint density at radius 3 is 2.88 bits per heavy atom. The first-order valence-electron chi connectivity index (χ1n) is 8.66. The van der Waals surface area contributed by atoms with Crippen LogP contribution in [0.25, 0.3) is 22.0 Å². The highest BCUT2D eigenvalue weighted by molar-refractivity contribution is 5.87. The van der Waals surface area contributed by atoms with Crippen molar-refractivity contribution in [1.82, 2.24) is 25.1 Å². The fourth-order valence-corrected chi connectivity index (χ4v) is 3.34. The van der Waals surface area contributed by atoms with Gasteiger partial charge in [0.05, 0.1) is 11.9 Å². The van der Waals surface area contributed by atoms with Crippen molar-refractivity contribution < 1.29 is 4.79 Å². The zero-order valence-corrected chi connectivity index (χ0v) is 14.3. The Morgan fingerprint density at radius 1 is 1.24 bits per heavy atom.